The van der Waals surface area contributed by atoms with Crippen molar-refractivity contribution in [1.82, 2.24) is 24.8 Å². The first-order valence-corrected chi connectivity index (χ1v) is 16.0. The van der Waals surface area contributed by atoms with E-state index in [2.05, 4.69) is 34.1 Å². The Morgan fingerprint density at radius 1 is 1.11 bits per heavy atom. The molecule has 1 aliphatic carbocycles. The second kappa shape index (κ2) is 12.8. The highest BCUT2D eigenvalue weighted by molar-refractivity contribution is 5.92. The number of ether oxygens (including phenoxy) is 2. The first kappa shape index (κ1) is 31.0. The van der Waals surface area contributed by atoms with Crippen LogP contribution in [-0.2, 0) is 17.6 Å². The number of aromatic nitrogens is 3. The Morgan fingerprint density at radius 3 is 2.69 bits per heavy atom. The van der Waals surface area contributed by atoms with E-state index in [1.807, 2.05) is 37.8 Å². The van der Waals surface area contributed by atoms with E-state index in [1.54, 1.807) is 11.1 Å². The largest absolute Gasteiger partial charge is 0.462 e. The van der Waals surface area contributed by atoms with E-state index in [1.165, 1.54) is 5.56 Å². The van der Waals surface area contributed by atoms with Gasteiger partial charge in [-0.1, -0.05) is 18.2 Å². The number of piperazine rings is 1. The number of likely N-dealkylation sites (N-methyl/N-ethyl adjacent to an activating group) is 1. The van der Waals surface area contributed by atoms with Crippen LogP contribution in [0.2, 0.25) is 0 Å². The number of hydrogen-bond acceptors (Lipinski definition) is 9. The standard InChI is InChI=1S/C34H42FN7O3/c1-34(2,3)45-33(43)42-18-17-41(20-23(42)14-15-36)31-27-19-37-29(26-13-7-10-22-9-5-6-12-25(22)26)28(35)30(27)38-32(39-31)44-21-24-11-8-16-40(24)4/h7,10,13,19,23-24H,5-6,8-9,11-12,14,16-18,20-21H2,1-4H3/t23-,24-/m0/s1. The average Bonchev–Trinajstić information content (AvgIpc) is 3.43. The number of likely N-dealkylation sites (tertiary alicyclic amines) is 1. The van der Waals surface area contributed by atoms with Crippen LogP contribution in [0.3, 0.4) is 0 Å². The summed E-state index contributed by atoms with van der Waals surface area (Å²) in [5, 5.41) is 10.1. The molecule has 3 aliphatic rings. The van der Waals surface area contributed by atoms with Gasteiger partial charge < -0.3 is 24.2 Å². The van der Waals surface area contributed by atoms with Gasteiger partial charge in [0.1, 0.15) is 29.2 Å². The van der Waals surface area contributed by atoms with Crippen molar-refractivity contribution >= 4 is 22.8 Å². The number of benzene rings is 1. The molecule has 4 heterocycles. The predicted octanol–water partition coefficient (Wildman–Crippen LogP) is 5.52. The highest BCUT2D eigenvalue weighted by Gasteiger charge is 2.35. The molecule has 1 aromatic carbocycles. The fourth-order valence-corrected chi connectivity index (χ4v) is 6.77. The van der Waals surface area contributed by atoms with Gasteiger partial charge in [-0.3, -0.25) is 4.98 Å². The van der Waals surface area contributed by atoms with E-state index in [-0.39, 0.29) is 29.7 Å². The van der Waals surface area contributed by atoms with Gasteiger partial charge in [-0.2, -0.15) is 15.2 Å². The third-order valence-corrected chi connectivity index (χ3v) is 9.11. The van der Waals surface area contributed by atoms with Gasteiger partial charge in [0.05, 0.1) is 23.9 Å². The number of nitrogens with zero attached hydrogens (tertiary/aromatic N) is 7. The van der Waals surface area contributed by atoms with E-state index < -0.39 is 23.6 Å². The molecule has 6 rings (SSSR count). The lowest BCUT2D eigenvalue weighted by Crippen LogP contribution is -2.56. The van der Waals surface area contributed by atoms with Gasteiger partial charge in [0.15, 0.2) is 5.82 Å². The monoisotopic (exact) mass is 615 g/mol. The van der Waals surface area contributed by atoms with Crippen molar-refractivity contribution in [3.63, 3.8) is 0 Å². The molecule has 0 N–H and O–H groups in total. The molecule has 2 aromatic heterocycles. The van der Waals surface area contributed by atoms with Crippen LogP contribution in [0.25, 0.3) is 22.2 Å². The summed E-state index contributed by atoms with van der Waals surface area (Å²) in [7, 11) is 2.07. The molecule has 2 atom stereocenters. The molecule has 0 unspecified atom stereocenters. The van der Waals surface area contributed by atoms with E-state index in [9.17, 15) is 10.1 Å². The number of carbonyl (C=O) groups excluding carboxylic acids is 1. The number of fused-ring (bicyclic) bond motifs is 2. The van der Waals surface area contributed by atoms with Crippen molar-refractivity contribution in [2.24, 2.45) is 0 Å². The Hall–Kier alpha value is -4.04. The van der Waals surface area contributed by atoms with Crippen LogP contribution >= 0.6 is 0 Å². The van der Waals surface area contributed by atoms with Crippen molar-refractivity contribution in [1.29, 1.82) is 5.26 Å². The number of carbonyl (C=O) groups is 1. The number of hydrogen-bond donors (Lipinski definition) is 0. The Bertz CT molecular complexity index is 1620. The third-order valence-electron chi connectivity index (χ3n) is 9.11. The summed E-state index contributed by atoms with van der Waals surface area (Å²) in [6.07, 6.45) is 7.50. The molecule has 0 radical (unpaired) electrons. The molecular weight excluding hydrogens is 573 g/mol. The molecule has 238 valence electrons. The molecule has 11 heteroatoms. The Kier molecular flexibility index (Phi) is 8.78. The molecule has 2 aliphatic heterocycles. The molecule has 2 fully saturated rings. The molecule has 10 nitrogen and oxygen atoms in total. The fourth-order valence-electron chi connectivity index (χ4n) is 6.77. The van der Waals surface area contributed by atoms with Gasteiger partial charge in [0.2, 0.25) is 0 Å². The Morgan fingerprint density at radius 2 is 1.93 bits per heavy atom. The average molecular weight is 616 g/mol. The van der Waals surface area contributed by atoms with Gasteiger partial charge in [0.25, 0.3) is 0 Å². The lowest BCUT2D eigenvalue weighted by Gasteiger charge is -2.41. The maximum Gasteiger partial charge on any atom is 0.410 e. The number of amides is 1. The summed E-state index contributed by atoms with van der Waals surface area (Å²) in [4.78, 5) is 33.0. The fraction of sp³-hybridized carbons (Fsp3) is 0.559. The predicted molar refractivity (Wildman–Crippen MR) is 170 cm³/mol. The van der Waals surface area contributed by atoms with Crippen LogP contribution in [0.5, 0.6) is 6.01 Å². The van der Waals surface area contributed by atoms with Crippen molar-refractivity contribution in [3.05, 3.63) is 41.3 Å². The number of rotatable bonds is 6. The SMILES string of the molecule is CN1CCC[C@H]1COc1nc(N2CCN(C(=O)OC(C)(C)C)[C@@H](CC#N)C2)c2cnc(-c3cccc4c3CCCC4)c(F)c2n1. The molecule has 0 saturated carbocycles. The summed E-state index contributed by atoms with van der Waals surface area (Å²) in [5.41, 5.74) is 2.99. The molecule has 1 amide bonds. The van der Waals surface area contributed by atoms with E-state index >= 15 is 4.39 Å². The van der Waals surface area contributed by atoms with Crippen LogP contribution in [0.1, 0.15) is 64.0 Å². The first-order valence-electron chi connectivity index (χ1n) is 16.0. The minimum Gasteiger partial charge on any atom is -0.462 e. The smallest absolute Gasteiger partial charge is 0.410 e. The highest BCUT2D eigenvalue weighted by atomic mass is 19.1. The van der Waals surface area contributed by atoms with E-state index in [4.69, 9.17) is 14.5 Å². The van der Waals surface area contributed by atoms with Crippen molar-refractivity contribution < 1.29 is 18.7 Å². The number of pyridine rings is 1. The zero-order valence-corrected chi connectivity index (χ0v) is 26.7. The van der Waals surface area contributed by atoms with Crippen LogP contribution < -0.4 is 9.64 Å². The Balaban J connectivity index is 1.39. The minimum atomic E-state index is -0.660. The second-order valence-electron chi connectivity index (χ2n) is 13.4. The molecule has 0 spiro atoms. The van der Waals surface area contributed by atoms with Crippen LogP contribution in [0.15, 0.2) is 24.4 Å². The van der Waals surface area contributed by atoms with Gasteiger partial charge >= 0.3 is 12.1 Å². The zero-order valence-electron chi connectivity index (χ0n) is 26.7. The number of aryl methyl sites for hydroxylation is 1. The highest BCUT2D eigenvalue weighted by Crippen LogP contribution is 2.36. The van der Waals surface area contributed by atoms with Gasteiger partial charge in [0, 0.05) is 37.4 Å². The van der Waals surface area contributed by atoms with Gasteiger partial charge in [-0.05, 0) is 84.0 Å². The zero-order chi connectivity index (χ0) is 31.7. The molecule has 3 aromatic rings. The lowest BCUT2D eigenvalue weighted by atomic mass is 9.87. The summed E-state index contributed by atoms with van der Waals surface area (Å²) < 4.78 is 28.4. The summed E-state index contributed by atoms with van der Waals surface area (Å²) in [6.45, 7) is 7.91. The van der Waals surface area contributed by atoms with Crippen molar-refractivity contribution in [3.8, 4) is 23.3 Å². The first-order chi connectivity index (χ1) is 21.6. The van der Waals surface area contributed by atoms with Crippen molar-refractivity contribution in [2.45, 2.75) is 83.4 Å². The topological polar surface area (TPSA) is 108 Å². The number of halogens is 1. The summed E-state index contributed by atoms with van der Waals surface area (Å²) >= 11 is 0. The van der Waals surface area contributed by atoms with E-state index in [0.29, 0.717) is 37.4 Å². The van der Waals surface area contributed by atoms with Crippen LogP contribution in [0.4, 0.5) is 15.0 Å². The number of anilines is 1. The maximum atomic E-state index is 16.6. The quantitative estimate of drug-likeness (QED) is 0.354. The van der Waals surface area contributed by atoms with Gasteiger partial charge in [-0.15, -0.1) is 0 Å². The second-order valence-corrected chi connectivity index (χ2v) is 13.4. The lowest BCUT2D eigenvalue weighted by molar-refractivity contribution is 0.0145. The van der Waals surface area contributed by atoms with Crippen LogP contribution in [0, 0.1) is 17.1 Å². The number of nitriles is 1. The normalized spacial score (nSPS) is 20.6. The summed E-state index contributed by atoms with van der Waals surface area (Å²) in [6, 6.07) is 8.16. The van der Waals surface area contributed by atoms with E-state index in [0.717, 1.165) is 56.2 Å². The van der Waals surface area contributed by atoms with Crippen molar-refractivity contribution in [2.75, 3.05) is 44.7 Å². The molecule has 2 saturated heterocycles. The molecule has 45 heavy (non-hydrogen) atoms. The Labute approximate surface area is 264 Å². The van der Waals surface area contributed by atoms with Gasteiger partial charge in [-0.25, -0.2) is 9.18 Å². The minimum absolute atomic E-state index is 0.107. The maximum absolute atomic E-state index is 16.6. The van der Waals surface area contributed by atoms with Crippen LogP contribution in [-0.4, -0.2) is 88.4 Å². The molecular formula is C34H42FN7O3. The third kappa shape index (κ3) is 6.52. The molecule has 0 bridgehead atoms. The summed E-state index contributed by atoms with van der Waals surface area (Å²) in [5.74, 6) is -0.0199.